The second-order valence-electron chi connectivity index (χ2n) is 4.40. The fourth-order valence-corrected chi connectivity index (χ4v) is 3.08. The first-order chi connectivity index (χ1) is 9.63. The van der Waals surface area contributed by atoms with E-state index in [9.17, 15) is 5.11 Å². The van der Waals surface area contributed by atoms with E-state index in [0.29, 0.717) is 11.6 Å². The number of phenolic OH excluding ortho intramolecular Hbond substituents is 1. The number of nitrogens with one attached hydrogen (secondary N) is 2. The van der Waals surface area contributed by atoms with E-state index in [2.05, 4.69) is 31.0 Å². The van der Waals surface area contributed by atoms with Crippen molar-refractivity contribution in [3.8, 4) is 5.75 Å². The molecule has 1 aliphatic heterocycles. The van der Waals surface area contributed by atoms with Crippen molar-refractivity contribution in [1.82, 2.24) is 4.72 Å². The molecule has 2 aromatic carbocycles. The summed E-state index contributed by atoms with van der Waals surface area (Å²) in [5.74, 6) is 0.786. The van der Waals surface area contributed by atoms with Crippen LogP contribution in [0.4, 0.5) is 11.4 Å². The number of aryl methyl sites for hydroxylation is 1. The van der Waals surface area contributed by atoms with Gasteiger partial charge in [0.2, 0.25) is 5.96 Å². The Labute approximate surface area is 129 Å². The number of nitrogens with zero attached hydrogens (tertiary/aromatic N) is 1. The SMILES string of the molecule is Cc1cc(O)c2c(c1)SNC(Nc1ccccc1Br)=N2. The summed E-state index contributed by atoms with van der Waals surface area (Å²) >= 11 is 4.91. The number of guanidine groups is 1. The number of hydrogen-bond donors (Lipinski definition) is 3. The number of para-hydroxylation sites is 1. The van der Waals surface area contributed by atoms with Crippen LogP contribution in [0.2, 0.25) is 0 Å². The molecule has 0 aliphatic carbocycles. The lowest BCUT2D eigenvalue weighted by Crippen LogP contribution is -2.27. The van der Waals surface area contributed by atoms with Gasteiger partial charge >= 0.3 is 0 Å². The number of phenols is 1. The Balaban J connectivity index is 1.93. The molecule has 0 saturated heterocycles. The maximum Gasteiger partial charge on any atom is 0.211 e. The number of benzene rings is 2. The zero-order valence-electron chi connectivity index (χ0n) is 10.6. The summed E-state index contributed by atoms with van der Waals surface area (Å²) in [5, 5.41) is 13.2. The zero-order chi connectivity index (χ0) is 14.1. The number of anilines is 1. The standard InChI is InChI=1S/C14H12BrN3OS/c1-8-6-11(19)13-12(7-8)20-18-14(17-13)16-10-5-3-2-4-9(10)15/h2-7,19H,1H3,(H2,16,17,18). The molecule has 4 nitrogen and oxygen atoms in total. The molecule has 3 rings (SSSR count). The maximum atomic E-state index is 9.99. The summed E-state index contributed by atoms with van der Waals surface area (Å²) < 4.78 is 4.08. The number of halogens is 1. The van der Waals surface area contributed by atoms with E-state index in [1.165, 1.54) is 11.9 Å². The molecule has 0 bridgehead atoms. The first kappa shape index (κ1) is 13.3. The second-order valence-corrected chi connectivity index (χ2v) is 6.10. The van der Waals surface area contributed by atoms with Crippen LogP contribution >= 0.6 is 27.9 Å². The minimum absolute atomic E-state index is 0.195. The summed E-state index contributed by atoms with van der Waals surface area (Å²) in [6.45, 7) is 1.94. The summed E-state index contributed by atoms with van der Waals surface area (Å²) in [6, 6.07) is 11.5. The first-order valence-corrected chi connectivity index (χ1v) is 7.61. The Morgan fingerprint density at radius 3 is 2.90 bits per heavy atom. The van der Waals surface area contributed by atoms with Crippen LogP contribution in [0.5, 0.6) is 5.75 Å². The molecule has 2 aromatic rings. The molecule has 20 heavy (non-hydrogen) atoms. The predicted molar refractivity (Wildman–Crippen MR) is 86.7 cm³/mol. The highest BCUT2D eigenvalue weighted by molar-refractivity contribution is 9.10. The van der Waals surface area contributed by atoms with Crippen LogP contribution < -0.4 is 10.0 Å². The van der Waals surface area contributed by atoms with Crippen molar-refractivity contribution in [2.24, 2.45) is 4.99 Å². The molecule has 1 aliphatic rings. The van der Waals surface area contributed by atoms with Gasteiger partial charge in [-0.05, 0) is 64.6 Å². The lowest BCUT2D eigenvalue weighted by atomic mass is 10.2. The highest BCUT2D eigenvalue weighted by Gasteiger charge is 2.16. The zero-order valence-corrected chi connectivity index (χ0v) is 13.0. The molecule has 1 heterocycles. The van der Waals surface area contributed by atoms with Gasteiger partial charge in [0.05, 0.1) is 10.6 Å². The lowest BCUT2D eigenvalue weighted by molar-refractivity contribution is 0.475. The van der Waals surface area contributed by atoms with Crippen molar-refractivity contribution in [3.63, 3.8) is 0 Å². The highest BCUT2D eigenvalue weighted by atomic mass is 79.9. The Morgan fingerprint density at radius 2 is 2.10 bits per heavy atom. The molecule has 0 saturated carbocycles. The molecule has 0 unspecified atom stereocenters. The van der Waals surface area contributed by atoms with E-state index in [0.717, 1.165) is 20.6 Å². The minimum Gasteiger partial charge on any atom is -0.506 e. The monoisotopic (exact) mass is 349 g/mol. The number of fused-ring (bicyclic) bond motifs is 1. The van der Waals surface area contributed by atoms with Gasteiger partial charge in [0.1, 0.15) is 11.4 Å². The number of rotatable bonds is 1. The van der Waals surface area contributed by atoms with Crippen LogP contribution in [0.15, 0.2) is 50.8 Å². The number of hydrogen-bond acceptors (Lipinski definition) is 5. The molecule has 0 fully saturated rings. The summed E-state index contributed by atoms with van der Waals surface area (Å²) in [5.41, 5.74) is 2.51. The van der Waals surface area contributed by atoms with Crippen molar-refractivity contribution >= 4 is 45.2 Å². The van der Waals surface area contributed by atoms with Gasteiger partial charge in [-0.15, -0.1) is 0 Å². The van der Waals surface area contributed by atoms with E-state index in [1.807, 2.05) is 37.3 Å². The van der Waals surface area contributed by atoms with Crippen LogP contribution in [-0.2, 0) is 0 Å². The molecular formula is C14H12BrN3OS. The van der Waals surface area contributed by atoms with Gasteiger partial charge in [0, 0.05) is 4.47 Å². The van der Waals surface area contributed by atoms with Gasteiger partial charge in [-0.2, -0.15) is 0 Å². The number of aromatic hydroxyl groups is 1. The topological polar surface area (TPSA) is 56.6 Å². The highest BCUT2D eigenvalue weighted by Crippen LogP contribution is 2.39. The molecule has 3 N–H and O–H groups in total. The largest absolute Gasteiger partial charge is 0.506 e. The molecular weight excluding hydrogens is 338 g/mol. The van der Waals surface area contributed by atoms with Gasteiger partial charge in [-0.1, -0.05) is 12.1 Å². The van der Waals surface area contributed by atoms with Gasteiger partial charge in [-0.3, -0.25) is 4.72 Å². The van der Waals surface area contributed by atoms with Crippen molar-refractivity contribution in [2.75, 3.05) is 5.32 Å². The van der Waals surface area contributed by atoms with E-state index in [-0.39, 0.29) is 5.75 Å². The molecule has 0 spiro atoms. The lowest BCUT2D eigenvalue weighted by Gasteiger charge is -2.19. The van der Waals surface area contributed by atoms with E-state index < -0.39 is 0 Å². The van der Waals surface area contributed by atoms with Crippen molar-refractivity contribution < 1.29 is 5.11 Å². The average Bonchev–Trinajstić information content (AvgIpc) is 2.42. The van der Waals surface area contributed by atoms with Gasteiger partial charge in [0.15, 0.2) is 0 Å². The molecule has 102 valence electrons. The third kappa shape index (κ3) is 2.62. The normalized spacial score (nSPS) is 13.2. The smallest absolute Gasteiger partial charge is 0.211 e. The summed E-state index contributed by atoms with van der Waals surface area (Å²) in [7, 11) is 0. The Morgan fingerprint density at radius 1 is 1.30 bits per heavy atom. The fraction of sp³-hybridized carbons (Fsp3) is 0.0714. The van der Waals surface area contributed by atoms with Crippen molar-refractivity contribution in [3.05, 3.63) is 46.4 Å². The van der Waals surface area contributed by atoms with Crippen LogP contribution in [0.3, 0.4) is 0 Å². The third-order valence-corrected chi connectivity index (χ3v) is 4.33. The average molecular weight is 350 g/mol. The fourth-order valence-electron chi connectivity index (χ4n) is 1.90. The van der Waals surface area contributed by atoms with Gasteiger partial charge in [-0.25, -0.2) is 4.99 Å². The predicted octanol–water partition coefficient (Wildman–Crippen LogP) is 4.17. The van der Waals surface area contributed by atoms with E-state index >= 15 is 0 Å². The molecule has 0 atom stereocenters. The third-order valence-electron chi connectivity index (χ3n) is 2.81. The number of aliphatic imine (C=N–C) groups is 1. The molecule has 0 amide bonds. The van der Waals surface area contributed by atoms with E-state index in [1.54, 1.807) is 6.07 Å². The van der Waals surface area contributed by atoms with Gasteiger partial charge in [0.25, 0.3) is 0 Å². The van der Waals surface area contributed by atoms with Crippen molar-refractivity contribution in [1.29, 1.82) is 0 Å². The molecule has 0 aromatic heterocycles. The molecule has 6 heteroatoms. The van der Waals surface area contributed by atoms with E-state index in [4.69, 9.17) is 0 Å². The summed E-state index contributed by atoms with van der Waals surface area (Å²) in [6.07, 6.45) is 0. The quantitative estimate of drug-likeness (QED) is 0.676. The maximum absolute atomic E-state index is 9.99. The summed E-state index contributed by atoms with van der Waals surface area (Å²) in [4.78, 5) is 5.34. The van der Waals surface area contributed by atoms with Crippen LogP contribution in [0.25, 0.3) is 0 Å². The molecule has 0 radical (unpaired) electrons. The minimum atomic E-state index is 0.195. The Hall–Kier alpha value is -1.66. The van der Waals surface area contributed by atoms with Crippen LogP contribution in [-0.4, -0.2) is 11.1 Å². The van der Waals surface area contributed by atoms with Crippen LogP contribution in [0, 0.1) is 6.92 Å². The Bertz CT molecular complexity index is 703. The van der Waals surface area contributed by atoms with Gasteiger partial charge < -0.3 is 10.4 Å². The Kier molecular flexibility index (Phi) is 3.58. The van der Waals surface area contributed by atoms with Crippen LogP contribution in [0.1, 0.15) is 5.56 Å². The van der Waals surface area contributed by atoms with Crippen molar-refractivity contribution in [2.45, 2.75) is 11.8 Å². The first-order valence-electron chi connectivity index (χ1n) is 6.00. The second kappa shape index (κ2) is 5.38.